The Morgan fingerprint density at radius 2 is 1.07 bits per heavy atom. The summed E-state index contributed by atoms with van der Waals surface area (Å²) in [5.41, 5.74) is 0. The van der Waals surface area contributed by atoms with Crippen LogP contribution in [0.25, 0.3) is 0 Å². The highest BCUT2D eigenvalue weighted by atomic mass is 127. The molecule has 0 aromatic rings. The molecule has 2 fully saturated rings. The van der Waals surface area contributed by atoms with Crippen LogP contribution >= 0.6 is 45.2 Å². The van der Waals surface area contributed by atoms with Crippen molar-refractivity contribution in [3.63, 3.8) is 0 Å². The molecule has 2 heterocycles. The van der Waals surface area contributed by atoms with Gasteiger partial charge in [-0.15, -0.1) is 0 Å². The van der Waals surface area contributed by atoms with Gasteiger partial charge in [-0.2, -0.15) is 0 Å². The minimum Gasteiger partial charge on any atom is -0.388 e. The highest BCUT2D eigenvalue weighted by Gasteiger charge is 2.53. The molecule has 0 radical (unpaired) electrons. The zero-order chi connectivity index (χ0) is 29.6. The normalized spacial score (nSPS) is 35.9. The van der Waals surface area contributed by atoms with E-state index in [1.54, 1.807) is 9.80 Å². The maximum Gasteiger partial charge on any atom is 0.220 e. The van der Waals surface area contributed by atoms with E-state index in [0.29, 0.717) is 13.1 Å². The lowest BCUT2D eigenvalue weighted by atomic mass is 9.92. The van der Waals surface area contributed by atoms with E-state index in [1.165, 1.54) is 13.8 Å². The van der Waals surface area contributed by atoms with E-state index in [9.17, 15) is 19.8 Å². The average molecular weight is 788 g/mol. The van der Waals surface area contributed by atoms with E-state index in [4.69, 9.17) is 18.9 Å². The number of carbonyl (C=O) groups excluding carboxylic acids is 2. The van der Waals surface area contributed by atoms with Gasteiger partial charge in [-0.1, -0.05) is 12.8 Å². The minimum atomic E-state index is -0.879. The van der Waals surface area contributed by atoms with Crippen molar-refractivity contribution >= 4 is 57.0 Å². The number of ether oxygens (including phenoxy) is 4. The molecule has 226 valence electrons. The number of rotatable bonds is 9. The lowest BCUT2D eigenvalue weighted by Gasteiger charge is -2.39. The van der Waals surface area contributed by atoms with Crippen LogP contribution in [0.1, 0.15) is 67.2 Å². The molecule has 0 aromatic carbocycles. The quantitative estimate of drug-likeness (QED) is 0.270. The number of halogens is 2. The van der Waals surface area contributed by atoms with Gasteiger partial charge in [0.25, 0.3) is 0 Å². The molecule has 2 saturated heterocycles. The first-order chi connectivity index (χ1) is 18.6. The summed E-state index contributed by atoms with van der Waals surface area (Å²) in [6, 6.07) is -0.956. The van der Waals surface area contributed by atoms with Crippen LogP contribution in [0.3, 0.4) is 0 Å². The Kier molecular flexibility index (Phi) is 10.3. The number of unbranched alkanes of at least 4 members (excludes halogenated alkanes) is 3. The maximum absolute atomic E-state index is 12.6. The fraction of sp³-hybridized carbons (Fsp3) is 0.786. The lowest BCUT2D eigenvalue weighted by molar-refractivity contribution is -0.158. The van der Waals surface area contributed by atoms with Crippen molar-refractivity contribution in [3.05, 3.63) is 19.3 Å². The van der Waals surface area contributed by atoms with Crippen LogP contribution in [-0.2, 0) is 28.5 Å². The van der Waals surface area contributed by atoms with E-state index >= 15 is 0 Å². The number of aliphatic hydroxyl groups excluding tert-OH is 2. The van der Waals surface area contributed by atoms with E-state index < -0.39 is 48.1 Å². The number of hydrogen-bond donors (Lipinski definition) is 2. The molecular weight excluding hydrogens is 746 g/mol. The Labute approximate surface area is 264 Å². The van der Waals surface area contributed by atoms with Gasteiger partial charge in [0.1, 0.15) is 36.6 Å². The predicted molar refractivity (Wildman–Crippen MR) is 165 cm³/mol. The van der Waals surface area contributed by atoms with Gasteiger partial charge in [0.2, 0.25) is 11.8 Å². The number of aliphatic hydroxyl groups is 2. The monoisotopic (exact) mass is 788 g/mol. The van der Waals surface area contributed by atoms with Crippen molar-refractivity contribution in [1.82, 2.24) is 9.80 Å². The molecule has 2 N–H and O–H groups in total. The van der Waals surface area contributed by atoms with E-state index in [-0.39, 0.29) is 24.0 Å². The number of nitrogens with zero attached hydrogens (tertiary/aromatic N) is 2. The SMILES string of the molecule is CC(=O)N(CCCCCCN(C(C)=O)[C@H]1C=C(I)[C@H]2OC(C)(C)O[C@H]2[C@@H]1O)[C@H]1C=C(I)[C@H]2OC(C)(C)O[C@H]2[C@@H]1O. The van der Waals surface area contributed by atoms with Gasteiger partial charge in [0, 0.05) is 34.1 Å². The van der Waals surface area contributed by atoms with Gasteiger partial charge in [-0.3, -0.25) is 9.59 Å². The molecule has 12 heteroatoms. The van der Waals surface area contributed by atoms with Crippen molar-refractivity contribution in [2.75, 3.05) is 13.1 Å². The minimum absolute atomic E-state index is 0.101. The highest BCUT2D eigenvalue weighted by molar-refractivity contribution is 14.1. The van der Waals surface area contributed by atoms with Crippen LogP contribution in [0, 0.1) is 0 Å². The smallest absolute Gasteiger partial charge is 0.220 e. The van der Waals surface area contributed by atoms with Crippen molar-refractivity contribution in [2.24, 2.45) is 0 Å². The average Bonchev–Trinajstić information content (AvgIpc) is 3.37. The Bertz CT molecular complexity index is 954. The standard InChI is InChI=1S/C28H42I2N2O8/c1-15(33)31(19-13-17(29)23-25(21(19)35)39-27(3,4)37-23)11-9-7-8-10-12-32(16(2)34)20-14-18(30)24-26(22(20)36)40-28(5,6)38-24/h13-14,19-26,35-36H,7-12H2,1-6H3/t19-,20-,21+,22+,23+,24+,25-,26-/m0/s1. The molecule has 40 heavy (non-hydrogen) atoms. The fourth-order valence-electron chi connectivity index (χ4n) is 6.11. The van der Waals surface area contributed by atoms with Gasteiger partial charge in [0.05, 0.1) is 12.1 Å². The molecule has 0 bridgehead atoms. The van der Waals surface area contributed by atoms with Crippen LogP contribution in [0.2, 0.25) is 0 Å². The number of fused-ring (bicyclic) bond motifs is 2. The van der Waals surface area contributed by atoms with E-state index in [1.807, 2.05) is 39.8 Å². The third-order valence-corrected chi connectivity index (χ3v) is 9.86. The summed E-state index contributed by atoms with van der Waals surface area (Å²) in [4.78, 5) is 28.6. The molecule has 0 spiro atoms. The van der Waals surface area contributed by atoms with Crippen LogP contribution < -0.4 is 0 Å². The van der Waals surface area contributed by atoms with Crippen molar-refractivity contribution in [1.29, 1.82) is 0 Å². The van der Waals surface area contributed by atoms with E-state index in [2.05, 4.69) is 45.2 Å². The number of hydrogen-bond acceptors (Lipinski definition) is 8. The molecule has 0 aromatic heterocycles. The largest absolute Gasteiger partial charge is 0.388 e. The number of carbonyl (C=O) groups is 2. The van der Waals surface area contributed by atoms with Crippen LogP contribution in [0.4, 0.5) is 0 Å². The summed E-state index contributed by atoms with van der Waals surface area (Å²) in [5.74, 6) is -1.78. The molecule has 2 aliphatic carbocycles. The Morgan fingerprint density at radius 1 is 0.725 bits per heavy atom. The first kappa shape index (κ1) is 32.6. The molecule has 0 unspecified atom stereocenters. The molecular formula is C28H42I2N2O8. The van der Waals surface area contributed by atoms with Gasteiger partial charge in [-0.05, 0) is 97.9 Å². The predicted octanol–water partition coefficient (Wildman–Crippen LogP) is 3.41. The van der Waals surface area contributed by atoms with Gasteiger partial charge in [0.15, 0.2) is 11.6 Å². The Balaban J connectivity index is 1.29. The maximum atomic E-state index is 12.6. The Morgan fingerprint density at radius 3 is 1.40 bits per heavy atom. The van der Waals surface area contributed by atoms with Crippen LogP contribution in [-0.4, -0.2) is 105 Å². The molecule has 0 saturated carbocycles. The third-order valence-electron chi connectivity index (χ3n) is 7.91. The third kappa shape index (κ3) is 7.05. The van der Waals surface area contributed by atoms with Crippen LogP contribution in [0.15, 0.2) is 19.3 Å². The zero-order valence-electron chi connectivity index (χ0n) is 24.0. The summed E-state index contributed by atoms with van der Waals surface area (Å²) >= 11 is 4.42. The second kappa shape index (κ2) is 12.7. The molecule has 2 amide bonds. The molecule has 10 nitrogen and oxygen atoms in total. The van der Waals surface area contributed by atoms with Crippen molar-refractivity contribution in [3.8, 4) is 0 Å². The Hall–Kier alpha value is -0.360. The number of amides is 2. The molecule has 2 aliphatic heterocycles. The fourth-order valence-corrected chi connectivity index (χ4v) is 7.81. The summed E-state index contributed by atoms with van der Waals surface area (Å²) in [7, 11) is 0. The van der Waals surface area contributed by atoms with Gasteiger partial charge >= 0.3 is 0 Å². The molecule has 4 rings (SSSR count). The lowest BCUT2D eigenvalue weighted by Crippen LogP contribution is -2.55. The zero-order valence-corrected chi connectivity index (χ0v) is 28.3. The van der Waals surface area contributed by atoms with Crippen molar-refractivity contribution in [2.45, 2.75) is 128 Å². The second-order valence-corrected chi connectivity index (χ2v) is 14.4. The van der Waals surface area contributed by atoms with Gasteiger partial charge in [-0.25, -0.2) is 0 Å². The van der Waals surface area contributed by atoms with Gasteiger partial charge < -0.3 is 39.0 Å². The summed E-state index contributed by atoms with van der Waals surface area (Å²) in [6.45, 7) is 11.4. The van der Waals surface area contributed by atoms with Crippen LogP contribution in [0.5, 0.6) is 0 Å². The van der Waals surface area contributed by atoms with E-state index in [0.717, 1.165) is 32.8 Å². The second-order valence-electron chi connectivity index (χ2n) is 11.9. The van der Waals surface area contributed by atoms with Crippen molar-refractivity contribution < 1.29 is 38.7 Å². The summed E-state index contributed by atoms with van der Waals surface area (Å²) in [5, 5.41) is 22.2. The first-order valence-electron chi connectivity index (χ1n) is 14.0. The molecule has 4 aliphatic rings. The summed E-state index contributed by atoms with van der Waals surface area (Å²) in [6.07, 6.45) is 3.61. The first-order valence-corrected chi connectivity index (χ1v) is 16.1. The summed E-state index contributed by atoms with van der Waals surface area (Å²) < 4.78 is 25.7. The topological polar surface area (TPSA) is 118 Å². The molecule has 8 atom stereocenters. The highest BCUT2D eigenvalue weighted by Crippen LogP contribution is 2.42.